The zero-order valence-electron chi connectivity index (χ0n) is 15.4. The molecule has 5 atom stereocenters. The van der Waals surface area contributed by atoms with Gasteiger partial charge in [0.1, 0.15) is 12.2 Å². The molecule has 0 bridgehead atoms. The molecule has 1 amide bonds. The molecule has 5 unspecified atom stereocenters. The topological polar surface area (TPSA) is 83.1 Å². The zero-order valence-corrected chi connectivity index (χ0v) is 15.4. The molecule has 7 nitrogen and oxygen atoms in total. The Labute approximate surface area is 157 Å². The summed E-state index contributed by atoms with van der Waals surface area (Å²) in [7, 11) is 0. The number of carbonyl (C=O) groups excluding carboxylic acids is 1. The van der Waals surface area contributed by atoms with Gasteiger partial charge in [0, 0.05) is 32.0 Å². The summed E-state index contributed by atoms with van der Waals surface area (Å²) in [5, 5.41) is 17.3. The van der Waals surface area contributed by atoms with E-state index in [4.69, 9.17) is 9.47 Å². The summed E-state index contributed by atoms with van der Waals surface area (Å²) in [6.45, 7) is 2.16. The number of hydrogen-bond acceptors (Lipinski definition) is 6. The minimum Gasteiger partial charge on any atom is -0.388 e. The average Bonchev–Trinajstić information content (AvgIpc) is 3.28. The lowest BCUT2D eigenvalue weighted by Crippen LogP contribution is -2.45. The lowest BCUT2D eigenvalue weighted by molar-refractivity contribution is -0.135. The highest BCUT2D eigenvalue weighted by molar-refractivity contribution is 5.77. The van der Waals surface area contributed by atoms with Crippen LogP contribution in [0.4, 0.5) is 8.78 Å². The largest absolute Gasteiger partial charge is 0.388 e. The number of halogens is 2. The number of aliphatic hydroxyl groups excluding tert-OH is 1. The van der Waals surface area contributed by atoms with Crippen LogP contribution in [-0.4, -0.2) is 91.1 Å². The Morgan fingerprint density at radius 2 is 2.07 bits per heavy atom. The third kappa shape index (κ3) is 4.42. The van der Waals surface area contributed by atoms with E-state index in [0.717, 1.165) is 25.9 Å². The van der Waals surface area contributed by atoms with Crippen molar-refractivity contribution in [3.05, 3.63) is 0 Å². The normalized spacial score (nSPS) is 39.1. The van der Waals surface area contributed by atoms with Gasteiger partial charge in [0.05, 0.1) is 31.3 Å². The van der Waals surface area contributed by atoms with Gasteiger partial charge in [-0.25, -0.2) is 8.78 Å². The van der Waals surface area contributed by atoms with E-state index in [9.17, 15) is 18.7 Å². The monoisotopic (exact) mass is 389 g/mol. The molecule has 4 heterocycles. The number of likely N-dealkylation sites (tertiary alicyclic amines) is 1. The molecule has 0 saturated carbocycles. The number of amides is 1. The standard InChI is InChI=1S/C18H29F2N3O4/c19-18(20)3-6-23(10-18)15(24)8-12-7-13-17(26-12)16(25)14(27-13)9-22-11-1-4-21-5-2-11/h11-14,16-17,21-22,25H,1-10H2. The quantitative estimate of drug-likeness (QED) is 0.608. The number of nitrogens with one attached hydrogen (secondary N) is 2. The number of hydrogen-bond donors (Lipinski definition) is 3. The second kappa shape index (κ2) is 7.87. The molecule has 4 saturated heterocycles. The zero-order chi connectivity index (χ0) is 19.0. The first-order valence-electron chi connectivity index (χ1n) is 10.00. The Balaban J connectivity index is 1.22. The van der Waals surface area contributed by atoms with Crippen LogP contribution in [0.25, 0.3) is 0 Å². The van der Waals surface area contributed by atoms with Crippen molar-refractivity contribution in [3.63, 3.8) is 0 Å². The molecule has 4 rings (SSSR count). The van der Waals surface area contributed by atoms with Gasteiger partial charge in [-0.2, -0.15) is 0 Å². The van der Waals surface area contributed by atoms with E-state index in [1.165, 1.54) is 4.90 Å². The first kappa shape index (κ1) is 19.4. The van der Waals surface area contributed by atoms with Crippen LogP contribution in [0, 0.1) is 0 Å². The molecule has 4 aliphatic heterocycles. The summed E-state index contributed by atoms with van der Waals surface area (Å²) in [6, 6.07) is 0.437. The number of nitrogens with zero attached hydrogens (tertiary/aromatic N) is 1. The maximum Gasteiger partial charge on any atom is 0.267 e. The summed E-state index contributed by atoms with van der Waals surface area (Å²) in [5.74, 6) is -3.09. The van der Waals surface area contributed by atoms with Gasteiger partial charge < -0.3 is 30.1 Å². The van der Waals surface area contributed by atoms with Crippen LogP contribution in [0.2, 0.25) is 0 Å². The van der Waals surface area contributed by atoms with Crippen molar-refractivity contribution >= 4 is 5.91 Å². The Bertz CT molecular complexity index is 547. The molecule has 0 radical (unpaired) electrons. The van der Waals surface area contributed by atoms with E-state index in [2.05, 4.69) is 10.6 Å². The maximum absolute atomic E-state index is 13.3. The van der Waals surface area contributed by atoms with E-state index in [-0.39, 0.29) is 43.6 Å². The molecule has 0 spiro atoms. The minimum absolute atomic E-state index is 0.0666. The molecule has 154 valence electrons. The predicted octanol–water partition coefficient (Wildman–Crippen LogP) is -0.128. The Morgan fingerprint density at radius 1 is 1.30 bits per heavy atom. The highest BCUT2D eigenvalue weighted by Gasteiger charge is 2.51. The molecular weight excluding hydrogens is 360 g/mol. The number of carbonyl (C=O) groups is 1. The van der Waals surface area contributed by atoms with Gasteiger partial charge in [0.15, 0.2) is 0 Å². The number of alkyl halides is 2. The Morgan fingerprint density at radius 3 is 2.74 bits per heavy atom. The van der Waals surface area contributed by atoms with E-state index in [1.807, 2.05) is 0 Å². The predicted molar refractivity (Wildman–Crippen MR) is 92.6 cm³/mol. The third-order valence-electron chi connectivity index (χ3n) is 6.15. The van der Waals surface area contributed by atoms with Crippen LogP contribution in [0.15, 0.2) is 0 Å². The third-order valence-corrected chi connectivity index (χ3v) is 6.15. The Kier molecular flexibility index (Phi) is 5.67. The van der Waals surface area contributed by atoms with Gasteiger partial charge in [0.2, 0.25) is 5.91 Å². The number of rotatable bonds is 5. The van der Waals surface area contributed by atoms with Crippen LogP contribution in [0.3, 0.4) is 0 Å². The Hall–Kier alpha value is -0.870. The molecule has 0 aromatic rings. The van der Waals surface area contributed by atoms with Crippen molar-refractivity contribution in [3.8, 4) is 0 Å². The molecule has 0 aromatic carbocycles. The van der Waals surface area contributed by atoms with E-state index in [0.29, 0.717) is 19.0 Å². The molecule has 4 aliphatic rings. The van der Waals surface area contributed by atoms with Gasteiger partial charge in [-0.05, 0) is 25.9 Å². The lowest BCUT2D eigenvalue weighted by atomic mass is 10.0. The summed E-state index contributed by atoms with van der Waals surface area (Å²) >= 11 is 0. The van der Waals surface area contributed by atoms with E-state index < -0.39 is 24.7 Å². The van der Waals surface area contributed by atoms with Crippen LogP contribution in [0.1, 0.15) is 32.1 Å². The summed E-state index contributed by atoms with van der Waals surface area (Å²) in [4.78, 5) is 13.4. The van der Waals surface area contributed by atoms with Crippen LogP contribution in [-0.2, 0) is 14.3 Å². The van der Waals surface area contributed by atoms with Crippen molar-refractivity contribution < 1.29 is 28.2 Å². The van der Waals surface area contributed by atoms with Crippen molar-refractivity contribution in [1.29, 1.82) is 0 Å². The molecule has 0 aromatic heterocycles. The molecule has 27 heavy (non-hydrogen) atoms. The highest BCUT2D eigenvalue weighted by atomic mass is 19.3. The van der Waals surface area contributed by atoms with Gasteiger partial charge in [-0.15, -0.1) is 0 Å². The van der Waals surface area contributed by atoms with E-state index in [1.54, 1.807) is 0 Å². The smallest absolute Gasteiger partial charge is 0.267 e. The van der Waals surface area contributed by atoms with Gasteiger partial charge in [-0.1, -0.05) is 0 Å². The second-order valence-corrected chi connectivity index (χ2v) is 8.22. The van der Waals surface area contributed by atoms with Gasteiger partial charge >= 0.3 is 0 Å². The van der Waals surface area contributed by atoms with Crippen molar-refractivity contribution in [2.45, 2.75) is 74.6 Å². The van der Waals surface area contributed by atoms with Crippen LogP contribution < -0.4 is 10.6 Å². The fraction of sp³-hybridized carbons (Fsp3) is 0.944. The maximum atomic E-state index is 13.3. The summed E-state index contributed by atoms with van der Waals surface area (Å²) < 4.78 is 38.4. The fourth-order valence-electron chi connectivity index (χ4n) is 4.59. The molecule has 4 fully saturated rings. The average molecular weight is 389 g/mol. The first-order chi connectivity index (χ1) is 12.9. The van der Waals surface area contributed by atoms with Crippen molar-refractivity contribution in [2.75, 3.05) is 32.7 Å². The number of fused-ring (bicyclic) bond motifs is 1. The highest BCUT2D eigenvalue weighted by Crippen LogP contribution is 2.36. The van der Waals surface area contributed by atoms with E-state index >= 15 is 0 Å². The molecule has 3 N–H and O–H groups in total. The SMILES string of the molecule is O=C(CC1CC2OC(CNC3CCNCC3)C(O)C2O1)N1CCC(F)(F)C1. The molecular formula is C18H29F2N3O4. The second-order valence-electron chi connectivity index (χ2n) is 8.22. The van der Waals surface area contributed by atoms with Gasteiger partial charge in [0.25, 0.3) is 5.92 Å². The minimum atomic E-state index is -2.78. The number of aliphatic hydroxyl groups is 1. The lowest BCUT2D eigenvalue weighted by Gasteiger charge is -2.26. The molecule has 0 aliphatic carbocycles. The summed E-state index contributed by atoms with van der Waals surface area (Å²) in [5.41, 5.74) is 0. The first-order valence-corrected chi connectivity index (χ1v) is 10.00. The molecule has 9 heteroatoms. The number of piperidine rings is 1. The van der Waals surface area contributed by atoms with Gasteiger partial charge in [-0.3, -0.25) is 4.79 Å². The van der Waals surface area contributed by atoms with Crippen LogP contribution in [0.5, 0.6) is 0 Å². The van der Waals surface area contributed by atoms with Crippen molar-refractivity contribution in [2.24, 2.45) is 0 Å². The van der Waals surface area contributed by atoms with Crippen LogP contribution >= 0.6 is 0 Å². The van der Waals surface area contributed by atoms with Crippen molar-refractivity contribution in [1.82, 2.24) is 15.5 Å². The fourth-order valence-corrected chi connectivity index (χ4v) is 4.59. The summed E-state index contributed by atoms with van der Waals surface area (Å²) in [6.07, 6.45) is 0.318. The number of ether oxygens (including phenoxy) is 2.